The zero-order chi connectivity index (χ0) is 49.7. The van der Waals surface area contributed by atoms with Crippen LogP contribution in [0.1, 0.15) is 0 Å². The summed E-state index contributed by atoms with van der Waals surface area (Å²) < 4.78 is 4.97. The summed E-state index contributed by atoms with van der Waals surface area (Å²) in [5, 5.41) is 4.92. The second-order valence-electron chi connectivity index (χ2n) is 19.2. The van der Waals surface area contributed by atoms with Crippen molar-refractivity contribution >= 4 is 53.6 Å². The van der Waals surface area contributed by atoms with Crippen LogP contribution in [0, 0.1) is 0 Å². The number of nitrogens with zero attached hydrogens (tertiary/aromatic N) is 2. The molecule has 2 aromatic heterocycles. The van der Waals surface area contributed by atoms with Gasteiger partial charge in [-0.2, -0.15) is 0 Å². The number of aromatic nitrogens is 2. The first kappa shape index (κ1) is 44.3. The van der Waals surface area contributed by atoms with Crippen molar-refractivity contribution in [1.82, 2.24) is 9.13 Å². The largest absolute Gasteiger partial charge is 0.309 e. The molecule has 0 aliphatic rings. The van der Waals surface area contributed by atoms with E-state index in [1.54, 1.807) is 0 Å². The van der Waals surface area contributed by atoms with Gasteiger partial charge in [0.1, 0.15) is 0 Å². The Balaban J connectivity index is 0.973. The number of rotatable bonds is 10. The highest BCUT2D eigenvalue weighted by molar-refractivity contribution is 8.34. The van der Waals surface area contributed by atoms with Crippen molar-refractivity contribution in [3.63, 3.8) is 0 Å². The molecule has 0 N–H and O–H groups in total. The predicted molar refractivity (Wildman–Crippen MR) is 317 cm³/mol. The molecule has 0 spiro atoms. The molecule has 14 aromatic rings. The zero-order valence-corrected chi connectivity index (χ0v) is 42.0. The van der Waals surface area contributed by atoms with Crippen molar-refractivity contribution in [1.29, 1.82) is 0 Å². The SMILES string of the molecule is c1ccc(-c2cccc(-c3cccc4c3c3ccccc3n4-c3cccc4c3c3ccccc3n4-c3ccc(S(c4ccccc4)(c4ccccc4)c4cc(-c5ccccc5)cc(-c5ccccc5)c4)cc3)c2)cc1. The highest BCUT2D eigenvalue weighted by Gasteiger charge is 2.34. The minimum absolute atomic E-state index is 1.11. The molecule has 12 aromatic carbocycles. The van der Waals surface area contributed by atoms with Crippen LogP contribution in [0.2, 0.25) is 0 Å². The van der Waals surface area contributed by atoms with Crippen molar-refractivity contribution < 1.29 is 0 Å². The van der Waals surface area contributed by atoms with E-state index in [-0.39, 0.29) is 0 Å². The third-order valence-corrected chi connectivity index (χ3v) is 18.9. The normalized spacial score (nSPS) is 11.9. The van der Waals surface area contributed by atoms with Crippen molar-refractivity contribution in [2.75, 3.05) is 0 Å². The molecule has 0 fully saturated rings. The smallest absolute Gasteiger partial charge is 0.0562 e. The van der Waals surface area contributed by atoms with E-state index in [1.165, 1.54) is 102 Å². The fourth-order valence-electron chi connectivity index (χ4n) is 11.7. The van der Waals surface area contributed by atoms with Crippen LogP contribution >= 0.6 is 10.0 Å². The predicted octanol–water partition coefficient (Wildman–Crippen LogP) is 19.9. The van der Waals surface area contributed by atoms with Gasteiger partial charge in [-0.3, -0.25) is 0 Å². The van der Waals surface area contributed by atoms with Crippen LogP contribution < -0.4 is 0 Å². The summed E-state index contributed by atoms with van der Waals surface area (Å²) in [6, 6.07) is 112. The molecule has 0 bridgehead atoms. The summed E-state index contributed by atoms with van der Waals surface area (Å²) in [5.41, 5.74) is 16.6. The van der Waals surface area contributed by atoms with E-state index in [9.17, 15) is 0 Å². The Kier molecular flexibility index (Phi) is 11.0. The summed E-state index contributed by atoms with van der Waals surface area (Å²) in [7, 11) is -2.07. The third kappa shape index (κ3) is 7.43. The highest BCUT2D eigenvalue weighted by atomic mass is 32.3. The molecule has 0 saturated carbocycles. The quantitative estimate of drug-likeness (QED) is 0.129. The van der Waals surface area contributed by atoms with Gasteiger partial charge >= 0.3 is 0 Å². The van der Waals surface area contributed by atoms with Crippen LogP contribution in [0.3, 0.4) is 0 Å². The maximum Gasteiger partial charge on any atom is 0.0562 e. The fraction of sp³-hybridized carbons (Fsp3) is 0. The first-order chi connectivity index (χ1) is 37.2. The molecule has 14 rings (SSSR count). The summed E-state index contributed by atoms with van der Waals surface area (Å²) in [6.07, 6.45) is 0. The maximum absolute atomic E-state index is 2.50. The Morgan fingerprint density at radius 2 is 0.627 bits per heavy atom. The minimum atomic E-state index is -2.07. The van der Waals surface area contributed by atoms with Crippen LogP contribution in [-0.4, -0.2) is 9.13 Å². The van der Waals surface area contributed by atoms with Gasteiger partial charge in [0, 0.05) is 46.8 Å². The highest BCUT2D eigenvalue weighted by Crippen LogP contribution is 2.74. The Morgan fingerprint density at radius 1 is 0.227 bits per heavy atom. The van der Waals surface area contributed by atoms with Crippen molar-refractivity contribution in [3.05, 3.63) is 303 Å². The van der Waals surface area contributed by atoms with E-state index in [4.69, 9.17) is 0 Å². The van der Waals surface area contributed by atoms with Crippen LogP contribution in [-0.2, 0) is 0 Å². The second-order valence-corrected chi connectivity index (χ2v) is 22.3. The molecule has 354 valence electrons. The van der Waals surface area contributed by atoms with Crippen LogP contribution in [0.4, 0.5) is 0 Å². The first-order valence-corrected chi connectivity index (χ1v) is 27.4. The molecular weight excluding hydrogens is 925 g/mol. The van der Waals surface area contributed by atoms with Crippen molar-refractivity contribution in [3.8, 4) is 55.9 Å². The first-order valence-electron chi connectivity index (χ1n) is 25.7. The van der Waals surface area contributed by atoms with Crippen LogP contribution in [0.25, 0.3) is 99.5 Å². The summed E-state index contributed by atoms with van der Waals surface area (Å²) >= 11 is 0. The Morgan fingerprint density at radius 3 is 1.21 bits per heavy atom. The molecule has 0 unspecified atom stereocenters. The lowest BCUT2D eigenvalue weighted by atomic mass is 9.96. The van der Waals surface area contributed by atoms with E-state index in [2.05, 4.69) is 312 Å². The average Bonchev–Trinajstić information content (AvgIpc) is 4.05. The molecule has 2 heterocycles. The topological polar surface area (TPSA) is 9.86 Å². The van der Waals surface area contributed by atoms with E-state index >= 15 is 0 Å². The number of benzene rings is 12. The molecule has 0 amide bonds. The van der Waals surface area contributed by atoms with Gasteiger partial charge in [0.2, 0.25) is 0 Å². The minimum Gasteiger partial charge on any atom is -0.309 e. The van der Waals surface area contributed by atoms with Gasteiger partial charge in [-0.15, -0.1) is 10.0 Å². The lowest BCUT2D eigenvalue weighted by molar-refractivity contribution is 1.15. The Labute approximate surface area is 439 Å². The van der Waals surface area contributed by atoms with Gasteiger partial charge in [-0.1, -0.05) is 200 Å². The number of hydrogen-bond donors (Lipinski definition) is 0. The molecular formula is C72H50N2S. The van der Waals surface area contributed by atoms with Crippen LogP contribution in [0.15, 0.2) is 323 Å². The average molecular weight is 975 g/mol. The molecule has 0 atom stereocenters. The van der Waals surface area contributed by atoms with E-state index in [0.717, 1.165) is 16.9 Å². The standard InChI is InChI=1S/C72H50N2S/c1-6-23-51(24-7-1)54-29-20-30-55(47-54)63-37-21-40-68-71(63)64-35-16-19-39-67(64)74(68)70-42-22-41-69-72(70)65-36-17-18-38-66(65)73(69)58-43-45-61(46-44-58)75(59-31-12-4-13-32-59,60-33-14-5-15-34-60)62-49-56(52-25-8-2-9-26-52)48-57(50-62)53-27-10-3-11-28-53/h1-50H. The van der Waals surface area contributed by atoms with Crippen molar-refractivity contribution in [2.45, 2.75) is 19.6 Å². The monoisotopic (exact) mass is 974 g/mol. The molecule has 3 heteroatoms. The number of fused-ring (bicyclic) bond motifs is 6. The molecule has 0 radical (unpaired) electrons. The second kappa shape index (κ2) is 18.6. The van der Waals surface area contributed by atoms with E-state index in [1.807, 2.05) is 0 Å². The Hall–Kier alpha value is -9.41. The molecule has 2 nitrogen and oxygen atoms in total. The maximum atomic E-state index is 2.50. The fourth-order valence-corrected chi connectivity index (χ4v) is 15.6. The van der Waals surface area contributed by atoms with Gasteiger partial charge in [0.05, 0.1) is 27.8 Å². The van der Waals surface area contributed by atoms with Gasteiger partial charge in [0.15, 0.2) is 0 Å². The number of para-hydroxylation sites is 2. The number of hydrogen-bond acceptors (Lipinski definition) is 0. The zero-order valence-electron chi connectivity index (χ0n) is 41.2. The summed E-state index contributed by atoms with van der Waals surface area (Å²) in [4.78, 5) is 5.12. The van der Waals surface area contributed by atoms with Gasteiger partial charge < -0.3 is 9.13 Å². The lowest BCUT2D eigenvalue weighted by Crippen LogP contribution is -2.06. The molecule has 0 saturated heterocycles. The van der Waals surface area contributed by atoms with Gasteiger partial charge in [-0.05, 0) is 148 Å². The van der Waals surface area contributed by atoms with Gasteiger partial charge in [0.25, 0.3) is 0 Å². The van der Waals surface area contributed by atoms with E-state index < -0.39 is 10.0 Å². The van der Waals surface area contributed by atoms with E-state index in [0.29, 0.717) is 0 Å². The summed E-state index contributed by atoms with van der Waals surface area (Å²) in [6.45, 7) is 0. The van der Waals surface area contributed by atoms with Gasteiger partial charge in [-0.25, -0.2) is 0 Å². The summed E-state index contributed by atoms with van der Waals surface area (Å²) in [5.74, 6) is 0. The Bertz CT molecular complexity index is 4270. The third-order valence-electron chi connectivity index (χ3n) is 15.0. The molecule has 0 aliphatic carbocycles. The molecule has 0 aliphatic heterocycles. The van der Waals surface area contributed by atoms with Crippen LogP contribution in [0.5, 0.6) is 0 Å². The molecule has 75 heavy (non-hydrogen) atoms. The van der Waals surface area contributed by atoms with Crippen molar-refractivity contribution in [2.24, 2.45) is 0 Å². The lowest BCUT2D eigenvalue weighted by Gasteiger charge is -2.42.